The maximum atomic E-state index is 12.7. The minimum absolute atomic E-state index is 0.0458. The molecule has 0 aliphatic carbocycles. The van der Waals surface area contributed by atoms with E-state index in [4.69, 9.17) is 4.74 Å². The monoisotopic (exact) mass is 428 g/mol. The van der Waals surface area contributed by atoms with Crippen molar-refractivity contribution >= 4 is 21.9 Å². The number of benzene rings is 2. The smallest absolute Gasteiger partial charge is 0.339 e. The van der Waals surface area contributed by atoms with E-state index < -0.39 is 22.1 Å². The Labute approximate surface area is 176 Å². The zero-order chi connectivity index (χ0) is 21.1. The normalized spacial score (nSPS) is 19.2. The summed E-state index contributed by atoms with van der Waals surface area (Å²) in [5.74, 6) is -0.650. The van der Waals surface area contributed by atoms with Gasteiger partial charge < -0.3 is 10.1 Å². The zero-order valence-electron chi connectivity index (χ0n) is 16.5. The van der Waals surface area contributed by atoms with E-state index in [0.717, 1.165) is 30.4 Å². The van der Waals surface area contributed by atoms with Gasteiger partial charge in [0.15, 0.2) is 0 Å². The molecule has 4 rings (SSSR count). The lowest BCUT2D eigenvalue weighted by Crippen LogP contribution is -2.35. The Morgan fingerprint density at radius 2 is 1.73 bits per heavy atom. The predicted octanol–water partition coefficient (Wildman–Crippen LogP) is 2.78. The van der Waals surface area contributed by atoms with Crippen LogP contribution in [0.25, 0.3) is 0 Å². The van der Waals surface area contributed by atoms with Crippen LogP contribution in [0.4, 0.5) is 0 Å². The molecule has 2 aliphatic heterocycles. The standard InChI is InChI=1S/C22H24N2O5S/c25-21(14-20-18-6-2-3-7-19(18)22(26)29-20)23-15-16-8-10-17(11-9-16)30(27,28)24-12-4-1-5-13-24/h2-3,6-11,20H,1,4-5,12-15H2,(H,23,25). The molecule has 1 fully saturated rings. The van der Waals surface area contributed by atoms with E-state index >= 15 is 0 Å². The fourth-order valence-electron chi connectivity index (χ4n) is 3.85. The molecule has 2 heterocycles. The summed E-state index contributed by atoms with van der Waals surface area (Å²) in [5.41, 5.74) is 2.02. The van der Waals surface area contributed by atoms with Crippen LogP contribution in [0.3, 0.4) is 0 Å². The van der Waals surface area contributed by atoms with E-state index in [1.165, 1.54) is 4.31 Å². The number of carbonyl (C=O) groups excluding carboxylic acids is 2. The molecule has 2 aromatic rings. The van der Waals surface area contributed by atoms with Gasteiger partial charge in [-0.15, -0.1) is 0 Å². The molecule has 8 heteroatoms. The lowest BCUT2D eigenvalue weighted by atomic mass is 10.0. The number of esters is 1. The Morgan fingerprint density at radius 1 is 1.03 bits per heavy atom. The van der Waals surface area contributed by atoms with Crippen molar-refractivity contribution in [3.63, 3.8) is 0 Å². The molecule has 0 bridgehead atoms. The molecule has 0 radical (unpaired) electrons. The number of nitrogens with zero attached hydrogens (tertiary/aromatic N) is 1. The number of piperidine rings is 1. The lowest BCUT2D eigenvalue weighted by molar-refractivity contribution is -0.123. The van der Waals surface area contributed by atoms with Gasteiger partial charge in [0.1, 0.15) is 6.10 Å². The molecule has 0 aromatic heterocycles. The van der Waals surface area contributed by atoms with E-state index in [1.807, 2.05) is 6.07 Å². The number of hydrogen-bond acceptors (Lipinski definition) is 5. The van der Waals surface area contributed by atoms with Gasteiger partial charge >= 0.3 is 5.97 Å². The van der Waals surface area contributed by atoms with Gasteiger partial charge in [-0.2, -0.15) is 4.31 Å². The van der Waals surface area contributed by atoms with Crippen LogP contribution < -0.4 is 5.32 Å². The van der Waals surface area contributed by atoms with E-state index in [1.54, 1.807) is 42.5 Å². The van der Waals surface area contributed by atoms with Gasteiger partial charge in [0.25, 0.3) is 0 Å². The summed E-state index contributed by atoms with van der Waals surface area (Å²) in [6, 6.07) is 13.6. The maximum Gasteiger partial charge on any atom is 0.339 e. The van der Waals surface area contributed by atoms with Crippen molar-refractivity contribution in [2.75, 3.05) is 13.1 Å². The van der Waals surface area contributed by atoms with E-state index in [2.05, 4.69) is 5.32 Å². The number of hydrogen-bond donors (Lipinski definition) is 1. The Balaban J connectivity index is 1.33. The van der Waals surface area contributed by atoms with Crippen molar-refractivity contribution in [3.05, 3.63) is 65.2 Å². The Hall–Kier alpha value is -2.71. The summed E-state index contributed by atoms with van der Waals surface area (Å²) < 4.78 is 32.2. The fourth-order valence-corrected chi connectivity index (χ4v) is 5.36. The molecular formula is C22H24N2O5S. The van der Waals surface area contributed by atoms with E-state index in [0.29, 0.717) is 18.7 Å². The molecule has 0 saturated carbocycles. The summed E-state index contributed by atoms with van der Waals surface area (Å²) in [5, 5.41) is 2.80. The molecule has 158 valence electrons. The van der Waals surface area contributed by atoms with Crippen molar-refractivity contribution < 1.29 is 22.7 Å². The topological polar surface area (TPSA) is 92.8 Å². The average molecular weight is 429 g/mol. The van der Waals surface area contributed by atoms with Crippen molar-refractivity contribution in [1.29, 1.82) is 0 Å². The zero-order valence-corrected chi connectivity index (χ0v) is 17.4. The minimum Gasteiger partial charge on any atom is -0.453 e. The quantitative estimate of drug-likeness (QED) is 0.714. The van der Waals surface area contributed by atoms with Gasteiger partial charge in [-0.05, 0) is 36.6 Å². The van der Waals surface area contributed by atoms with E-state index in [-0.39, 0.29) is 23.8 Å². The lowest BCUT2D eigenvalue weighted by Gasteiger charge is -2.25. The fraction of sp³-hybridized carbons (Fsp3) is 0.364. The molecule has 1 saturated heterocycles. The molecule has 30 heavy (non-hydrogen) atoms. The van der Waals surface area contributed by atoms with Crippen LogP contribution in [0.2, 0.25) is 0 Å². The van der Waals surface area contributed by atoms with Gasteiger partial charge in [-0.1, -0.05) is 36.8 Å². The van der Waals surface area contributed by atoms with Crippen LogP contribution in [-0.4, -0.2) is 37.7 Å². The molecule has 2 aromatic carbocycles. The highest BCUT2D eigenvalue weighted by molar-refractivity contribution is 7.89. The predicted molar refractivity (Wildman–Crippen MR) is 110 cm³/mol. The summed E-state index contributed by atoms with van der Waals surface area (Å²) in [6.07, 6.45) is 2.32. The van der Waals surface area contributed by atoms with Gasteiger partial charge in [0.05, 0.1) is 16.9 Å². The SMILES string of the molecule is O=C(CC1OC(=O)c2ccccc21)NCc1ccc(S(=O)(=O)N2CCCCC2)cc1. The second kappa shape index (κ2) is 8.57. The first-order valence-electron chi connectivity index (χ1n) is 10.1. The summed E-state index contributed by atoms with van der Waals surface area (Å²) in [7, 11) is -3.46. The number of carbonyl (C=O) groups is 2. The van der Waals surface area contributed by atoms with Gasteiger partial charge in [-0.25, -0.2) is 13.2 Å². The van der Waals surface area contributed by atoms with Crippen molar-refractivity contribution in [2.24, 2.45) is 0 Å². The molecule has 2 aliphatic rings. The molecule has 1 atom stereocenters. The number of nitrogens with one attached hydrogen (secondary N) is 1. The second-order valence-corrected chi connectivity index (χ2v) is 9.51. The number of amides is 1. The third-order valence-corrected chi connectivity index (χ3v) is 7.43. The van der Waals surface area contributed by atoms with Gasteiger partial charge in [0, 0.05) is 25.2 Å². The van der Waals surface area contributed by atoms with Crippen molar-refractivity contribution in [2.45, 2.75) is 43.2 Å². The Kier molecular flexibility index (Phi) is 5.87. The van der Waals surface area contributed by atoms with Crippen molar-refractivity contribution in [3.8, 4) is 0 Å². The maximum absolute atomic E-state index is 12.7. The molecular weight excluding hydrogens is 404 g/mol. The van der Waals surface area contributed by atoms with Crippen LogP contribution in [0.5, 0.6) is 0 Å². The molecule has 1 unspecified atom stereocenters. The van der Waals surface area contributed by atoms with Gasteiger partial charge in [-0.3, -0.25) is 4.79 Å². The molecule has 0 spiro atoms. The number of fused-ring (bicyclic) bond motifs is 1. The number of rotatable bonds is 6. The first-order valence-corrected chi connectivity index (χ1v) is 11.5. The highest BCUT2D eigenvalue weighted by Gasteiger charge is 2.32. The van der Waals surface area contributed by atoms with Crippen LogP contribution in [-0.2, 0) is 26.1 Å². The number of ether oxygens (including phenoxy) is 1. The molecule has 1 amide bonds. The molecule has 1 N–H and O–H groups in total. The van der Waals surface area contributed by atoms with Crippen LogP contribution in [0.1, 0.15) is 53.3 Å². The second-order valence-electron chi connectivity index (χ2n) is 7.57. The Bertz CT molecular complexity index is 1040. The highest BCUT2D eigenvalue weighted by Crippen LogP contribution is 2.32. The third kappa shape index (κ3) is 4.24. The first kappa shape index (κ1) is 20.6. The van der Waals surface area contributed by atoms with Crippen LogP contribution in [0.15, 0.2) is 53.4 Å². The van der Waals surface area contributed by atoms with Crippen LogP contribution in [0, 0.1) is 0 Å². The third-order valence-electron chi connectivity index (χ3n) is 5.51. The van der Waals surface area contributed by atoms with E-state index in [9.17, 15) is 18.0 Å². The first-order chi connectivity index (χ1) is 14.4. The van der Waals surface area contributed by atoms with Crippen LogP contribution >= 0.6 is 0 Å². The van der Waals surface area contributed by atoms with Gasteiger partial charge in [0.2, 0.25) is 15.9 Å². The Morgan fingerprint density at radius 3 is 2.47 bits per heavy atom. The largest absolute Gasteiger partial charge is 0.453 e. The average Bonchev–Trinajstić information content (AvgIpc) is 3.09. The minimum atomic E-state index is -3.46. The molecule has 7 nitrogen and oxygen atoms in total. The van der Waals surface area contributed by atoms with Crippen molar-refractivity contribution in [1.82, 2.24) is 9.62 Å². The highest BCUT2D eigenvalue weighted by atomic mass is 32.2. The number of sulfonamides is 1. The summed E-state index contributed by atoms with van der Waals surface area (Å²) >= 11 is 0. The summed E-state index contributed by atoms with van der Waals surface area (Å²) in [6.45, 7) is 1.40. The summed E-state index contributed by atoms with van der Waals surface area (Å²) in [4.78, 5) is 24.4. The number of cyclic esters (lactones) is 1.